The van der Waals surface area contributed by atoms with Gasteiger partial charge < -0.3 is 15.6 Å². The molecule has 7 nitrogen and oxygen atoms in total. The molecule has 1 aromatic carbocycles. The second-order valence-electron chi connectivity index (χ2n) is 7.97. The first-order chi connectivity index (χ1) is 14.2. The van der Waals surface area contributed by atoms with Crippen LogP contribution >= 0.6 is 11.6 Å². The molecule has 0 aliphatic rings. The van der Waals surface area contributed by atoms with Crippen LogP contribution in [0.15, 0.2) is 30.5 Å². The van der Waals surface area contributed by atoms with Crippen molar-refractivity contribution in [2.45, 2.75) is 46.7 Å². The first-order valence-corrected chi connectivity index (χ1v) is 10.5. The molecule has 8 heteroatoms. The Balaban J connectivity index is 1.68. The van der Waals surface area contributed by atoms with E-state index in [9.17, 15) is 4.79 Å². The molecule has 0 bridgehead atoms. The van der Waals surface area contributed by atoms with Crippen LogP contribution < -0.4 is 10.6 Å². The van der Waals surface area contributed by atoms with Gasteiger partial charge in [0.1, 0.15) is 5.82 Å². The summed E-state index contributed by atoms with van der Waals surface area (Å²) in [6.45, 7) is 12.0. The predicted octanol–water partition coefficient (Wildman–Crippen LogP) is 4.83. The van der Waals surface area contributed by atoms with Gasteiger partial charge in [0.25, 0.3) is 0 Å². The minimum atomic E-state index is -0.252. The number of aryl methyl sites for hydroxylation is 1. The van der Waals surface area contributed by atoms with Gasteiger partial charge in [0.15, 0.2) is 5.65 Å². The molecule has 0 unspecified atom stereocenters. The Hall–Kier alpha value is -2.64. The van der Waals surface area contributed by atoms with Crippen LogP contribution in [0.1, 0.15) is 33.3 Å². The number of anilines is 1. The van der Waals surface area contributed by atoms with Gasteiger partial charge in [-0.1, -0.05) is 11.6 Å². The van der Waals surface area contributed by atoms with Crippen LogP contribution in [-0.4, -0.2) is 51.1 Å². The molecule has 0 aliphatic carbocycles. The number of urea groups is 1. The highest BCUT2D eigenvalue weighted by Gasteiger charge is 2.14. The van der Waals surface area contributed by atoms with Gasteiger partial charge in [-0.05, 0) is 64.4 Å². The van der Waals surface area contributed by atoms with Gasteiger partial charge in [0.05, 0.1) is 10.5 Å². The number of halogens is 1. The van der Waals surface area contributed by atoms with Gasteiger partial charge in [-0.25, -0.2) is 14.8 Å². The fourth-order valence-electron chi connectivity index (χ4n) is 3.50. The number of hydrogen-bond acceptors (Lipinski definition) is 4. The molecule has 2 aromatic heterocycles. The summed E-state index contributed by atoms with van der Waals surface area (Å²) in [4.78, 5) is 26.8. The monoisotopic (exact) mass is 428 g/mol. The lowest BCUT2D eigenvalue weighted by Crippen LogP contribution is -2.43. The lowest BCUT2D eigenvalue weighted by atomic mass is 10.2. The van der Waals surface area contributed by atoms with Crippen molar-refractivity contribution in [3.8, 4) is 11.4 Å². The van der Waals surface area contributed by atoms with Crippen molar-refractivity contribution in [2.75, 3.05) is 18.4 Å². The van der Waals surface area contributed by atoms with Gasteiger partial charge in [0.2, 0.25) is 0 Å². The van der Waals surface area contributed by atoms with E-state index in [1.807, 2.05) is 13.0 Å². The van der Waals surface area contributed by atoms with E-state index in [1.54, 1.807) is 24.4 Å². The Morgan fingerprint density at radius 3 is 2.63 bits per heavy atom. The van der Waals surface area contributed by atoms with Gasteiger partial charge in [-0.2, -0.15) is 0 Å². The summed E-state index contributed by atoms with van der Waals surface area (Å²) >= 11 is 6.39. The van der Waals surface area contributed by atoms with E-state index in [2.05, 4.69) is 58.2 Å². The normalized spacial score (nSPS) is 11.6. The zero-order chi connectivity index (χ0) is 21.8. The van der Waals surface area contributed by atoms with Gasteiger partial charge >= 0.3 is 6.03 Å². The number of aromatic amines is 1. The number of carbonyl (C=O) groups is 1. The number of hydrogen-bond donors (Lipinski definition) is 3. The lowest BCUT2D eigenvalue weighted by Gasteiger charge is -2.30. The van der Waals surface area contributed by atoms with Crippen molar-refractivity contribution >= 4 is 34.5 Å². The van der Waals surface area contributed by atoms with Crippen LogP contribution in [0.25, 0.3) is 22.6 Å². The van der Waals surface area contributed by atoms with E-state index < -0.39 is 0 Å². The third kappa shape index (κ3) is 5.29. The van der Waals surface area contributed by atoms with E-state index in [0.29, 0.717) is 46.4 Å². The molecule has 0 spiro atoms. The predicted molar refractivity (Wildman–Crippen MR) is 123 cm³/mol. The fourth-order valence-corrected chi connectivity index (χ4v) is 3.71. The maximum absolute atomic E-state index is 12.3. The molecule has 3 N–H and O–H groups in total. The maximum atomic E-state index is 12.3. The van der Waals surface area contributed by atoms with Crippen molar-refractivity contribution in [1.29, 1.82) is 0 Å². The number of H-pyrrole nitrogens is 1. The summed E-state index contributed by atoms with van der Waals surface area (Å²) < 4.78 is 0. The molecule has 160 valence electrons. The zero-order valence-corrected chi connectivity index (χ0v) is 18.8. The highest BCUT2D eigenvalue weighted by atomic mass is 35.5. The minimum Gasteiger partial charge on any atom is -0.337 e. The Morgan fingerprint density at radius 2 is 1.93 bits per heavy atom. The van der Waals surface area contributed by atoms with Crippen LogP contribution in [-0.2, 0) is 0 Å². The van der Waals surface area contributed by atoms with E-state index in [0.717, 1.165) is 17.6 Å². The average molecular weight is 429 g/mol. The Bertz CT molecular complexity index is 1020. The SMILES string of the molecule is Cc1cnc2nc(-c3cc(NC(=O)NCCN(C(C)C)C(C)C)ccc3Cl)[nH]c2c1. The number of nitrogens with one attached hydrogen (secondary N) is 3. The first-order valence-electron chi connectivity index (χ1n) is 10.2. The molecule has 3 rings (SSSR count). The highest BCUT2D eigenvalue weighted by molar-refractivity contribution is 6.33. The largest absolute Gasteiger partial charge is 0.337 e. The van der Waals surface area contributed by atoms with E-state index in [4.69, 9.17) is 11.6 Å². The minimum absolute atomic E-state index is 0.252. The number of rotatable bonds is 7. The average Bonchev–Trinajstić information content (AvgIpc) is 3.09. The number of carbonyl (C=O) groups excluding carboxylic acids is 1. The molecule has 3 aromatic rings. The van der Waals surface area contributed by atoms with Crippen LogP contribution in [0, 0.1) is 6.92 Å². The van der Waals surface area contributed by atoms with Crippen molar-refractivity contribution < 1.29 is 4.79 Å². The summed E-state index contributed by atoms with van der Waals surface area (Å²) in [6, 6.07) is 7.91. The molecular formula is C22H29ClN6O. The smallest absolute Gasteiger partial charge is 0.319 e. The van der Waals surface area contributed by atoms with Crippen LogP contribution in [0.5, 0.6) is 0 Å². The third-order valence-electron chi connectivity index (χ3n) is 4.94. The van der Waals surface area contributed by atoms with Crippen LogP contribution in [0.4, 0.5) is 10.5 Å². The molecule has 2 amide bonds. The maximum Gasteiger partial charge on any atom is 0.319 e. The summed E-state index contributed by atoms with van der Waals surface area (Å²) in [5.74, 6) is 0.613. The summed E-state index contributed by atoms with van der Waals surface area (Å²) in [7, 11) is 0. The Kier molecular flexibility index (Phi) is 6.95. The van der Waals surface area contributed by atoms with Crippen molar-refractivity contribution in [2.24, 2.45) is 0 Å². The van der Waals surface area contributed by atoms with Gasteiger partial charge in [-0.15, -0.1) is 0 Å². The number of imidazole rings is 1. The standard InChI is InChI=1S/C22H29ClN6O/c1-13(2)29(14(3)4)9-8-24-22(30)26-16-6-7-18(23)17(11-16)20-27-19-10-15(5)12-25-21(19)28-20/h6-7,10-14H,8-9H2,1-5H3,(H2,24,26,30)(H,25,27,28). The van der Waals surface area contributed by atoms with Crippen LogP contribution in [0.2, 0.25) is 5.02 Å². The number of amides is 2. The number of fused-ring (bicyclic) bond motifs is 1. The summed E-state index contributed by atoms with van der Waals surface area (Å²) in [5.41, 5.74) is 3.86. The third-order valence-corrected chi connectivity index (χ3v) is 5.27. The molecule has 0 saturated heterocycles. The van der Waals surface area contributed by atoms with E-state index in [1.165, 1.54) is 0 Å². The van der Waals surface area contributed by atoms with Gasteiger partial charge in [-0.3, -0.25) is 4.90 Å². The molecule has 0 fully saturated rings. The lowest BCUT2D eigenvalue weighted by molar-refractivity contribution is 0.176. The van der Waals surface area contributed by atoms with E-state index >= 15 is 0 Å². The van der Waals surface area contributed by atoms with Crippen molar-refractivity contribution in [1.82, 2.24) is 25.2 Å². The number of aromatic nitrogens is 3. The molecule has 0 radical (unpaired) electrons. The number of pyridine rings is 1. The second kappa shape index (κ2) is 9.45. The molecule has 0 atom stereocenters. The molecule has 0 saturated carbocycles. The van der Waals surface area contributed by atoms with Crippen LogP contribution in [0.3, 0.4) is 0 Å². The number of nitrogens with zero attached hydrogens (tertiary/aromatic N) is 3. The molecule has 30 heavy (non-hydrogen) atoms. The first kappa shape index (κ1) is 22.1. The van der Waals surface area contributed by atoms with Crippen molar-refractivity contribution in [3.05, 3.63) is 41.0 Å². The van der Waals surface area contributed by atoms with E-state index in [-0.39, 0.29) is 6.03 Å². The highest BCUT2D eigenvalue weighted by Crippen LogP contribution is 2.30. The summed E-state index contributed by atoms with van der Waals surface area (Å²) in [6.07, 6.45) is 1.77. The van der Waals surface area contributed by atoms with Crippen molar-refractivity contribution in [3.63, 3.8) is 0 Å². The zero-order valence-electron chi connectivity index (χ0n) is 18.1. The molecular weight excluding hydrogens is 400 g/mol. The molecule has 2 heterocycles. The Morgan fingerprint density at radius 1 is 1.20 bits per heavy atom. The topological polar surface area (TPSA) is 85.9 Å². The fraction of sp³-hybridized carbons (Fsp3) is 0.409. The second-order valence-corrected chi connectivity index (χ2v) is 8.38. The summed E-state index contributed by atoms with van der Waals surface area (Å²) in [5, 5.41) is 6.33. The molecule has 0 aliphatic heterocycles. The quantitative estimate of drug-likeness (QED) is 0.503. The van der Waals surface area contributed by atoms with Gasteiger partial charge in [0, 0.05) is 42.6 Å². The number of benzene rings is 1. The Labute approximate surface area is 182 Å².